The number of carbonyl (C=O) groups is 1. The Kier molecular flexibility index (Phi) is 4.48. The predicted molar refractivity (Wildman–Crippen MR) is 69.0 cm³/mol. The molecule has 1 N–H and O–H groups in total. The van der Waals surface area contributed by atoms with E-state index in [0.717, 1.165) is 6.54 Å². The van der Waals surface area contributed by atoms with Crippen LogP contribution in [0.15, 0.2) is 18.5 Å². The first-order valence-electron chi connectivity index (χ1n) is 5.94. The van der Waals surface area contributed by atoms with Crippen LogP contribution in [0.25, 0.3) is 0 Å². The zero-order valence-corrected chi connectivity index (χ0v) is 11.2. The van der Waals surface area contributed by atoms with Gasteiger partial charge in [-0.05, 0) is 37.7 Å². The van der Waals surface area contributed by atoms with Crippen LogP contribution < -0.4 is 5.32 Å². The summed E-state index contributed by atoms with van der Waals surface area (Å²) in [5, 5.41) is 10.3. The van der Waals surface area contributed by atoms with Crippen LogP contribution in [-0.2, 0) is 0 Å². The van der Waals surface area contributed by atoms with Crippen molar-refractivity contribution in [1.29, 1.82) is 0 Å². The van der Waals surface area contributed by atoms with Crippen LogP contribution in [0.5, 0.6) is 0 Å². The number of halogens is 1. The second kappa shape index (κ2) is 6.10. The molecule has 1 aliphatic carbocycles. The lowest BCUT2D eigenvalue weighted by Gasteiger charge is -2.25. The molecular weight excluding hydrogens is 282 g/mol. The molecule has 0 radical (unpaired) electrons. The molecule has 1 heterocycles. The average Bonchev–Trinajstić information content (AvgIpc) is 2.39. The maximum absolute atomic E-state index is 11.8. The predicted octanol–water partition coefficient (Wildman–Crippen LogP) is 2.16. The molecule has 5 heteroatoms. The van der Waals surface area contributed by atoms with E-state index in [1.54, 1.807) is 6.07 Å². The number of hydrogen-bond acceptors (Lipinski definition) is 3. The fraction of sp³-hybridized carbons (Fsp3) is 0.583. The van der Waals surface area contributed by atoms with Crippen LogP contribution in [0.4, 0.5) is 0 Å². The summed E-state index contributed by atoms with van der Waals surface area (Å²) in [6.07, 6.45) is 7.81. The van der Waals surface area contributed by atoms with Crippen molar-refractivity contribution in [3.63, 3.8) is 0 Å². The smallest absolute Gasteiger partial charge is 0.252 e. The highest BCUT2D eigenvalue weighted by Gasteiger charge is 2.19. The highest BCUT2D eigenvalue weighted by atomic mass is 79.9. The van der Waals surface area contributed by atoms with Gasteiger partial charge in [-0.3, -0.25) is 4.79 Å². The van der Waals surface area contributed by atoms with Crippen molar-refractivity contribution in [2.45, 2.75) is 30.5 Å². The molecule has 1 amide bonds. The van der Waals surface area contributed by atoms with E-state index in [1.807, 2.05) is 0 Å². The minimum Gasteiger partial charge on any atom is -0.352 e. The third-order valence-corrected chi connectivity index (χ3v) is 4.09. The highest BCUT2D eigenvalue weighted by molar-refractivity contribution is 9.09. The molecule has 17 heavy (non-hydrogen) atoms. The number of carbonyl (C=O) groups excluding carboxylic acids is 1. The zero-order valence-electron chi connectivity index (χ0n) is 9.60. The van der Waals surface area contributed by atoms with Crippen molar-refractivity contribution < 1.29 is 4.79 Å². The summed E-state index contributed by atoms with van der Waals surface area (Å²) >= 11 is 3.63. The van der Waals surface area contributed by atoms with Gasteiger partial charge < -0.3 is 5.32 Å². The third-order valence-electron chi connectivity index (χ3n) is 3.17. The molecule has 1 aromatic rings. The first-order chi connectivity index (χ1) is 8.25. The van der Waals surface area contributed by atoms with Crippen molar-refractivity contribution >= 4 is 21.8 Å². The van der Waals surface area contributed by atoms with Crippen LogP contribution in [-0.4, -0.2) is 27.5 Å². The lowest BCUT2D eigenvalue weighted by atomic mass is 9.89. The zero-order chi connectivity index (χ0) is 12.1. The Bertz CT molecular complexity index is 363. The lowest BCUT2D eigenvalue weighted by molar-refractivity contribution is 0.0943. The van der Waals surface area contributed by atoms with Gasteiger partial charge in [0, 0.05) is 11.4 Å². The molecule has 92 valence electrons. The van der Waals surface area contributed by atoms with Gasteiger partial charge in [-0.15, -0.1) is 0 Å². The summed E-state index contributed by atoms with van der Waals surface area (Å²) in [6, 6.07) is 1.68. The summed E-state index contributed by atoms with van der Waals surface area (Å²) in [5.41, 5.74) is 0.578. The quantitative estimate of drug-likeness (QED) is 0.870. The number of hydrogen-bond donors (Lipinski definition) is 1. The van der Waals surface area contributed by atoms with Gasteiger partial charge in [0.1, 0.15) is 0 Å². The van der Waals surface area contributed by atoms with E-state index in [4.69, 9.17) is 0 Å². The fourth-order valence-electron chi connectivity index (χ4n) is 2.09. The van der Waals surface area contributed by atoms with Gasteiger partial charge in [-0.1, -0.05) is 15.9 Å². The van der Waals surface area contributed by atoms with Crippen molar-refractivity contribution in [3.8, 4) is 0 Å². The monoisotopic (exact) mass is 297 g/mol. The summed E-state index contributed by atoms with van der Waals surface area (Å²) in [5.74, 6) is 0.559. The van der Waals surface area contributed by atoms with Crippen molar-refractivity contribution in [2.75, 3.05) is 6.54 Å². The minimum atomic E-state index is -0.0548. The molecule has 0 bridgehead atoms. The molecule has 0 saturated heterocycles. The number of aromatic nitrogens is 2. The number of rotatable bonds is 3. The number of alkyl halides is 1. The van der Waals surface area contributed by atoms with E-state index in [0.29, 0.717) is 16.3 Å². The van der Waals surface area contributed by atoms with Gasteiger partial charge in [0.15, 0.2) is 0 Å². The molecule has 1 aliphatic rings. The van der Waals surface area contributed by atoms with Gasteiger partial charge in [-0.2, -0.15) is 10.2 Å². The van der Waals surface area contributed by atoms with Gasteiger partial charge in [0.25, 0.3) is 5.91 Å². The topological polar surface area (TPSA) is 54.9 Å². The maximum atomic E-state index is 11.8. The van der Waals surface area contributed by atoms with E-state index in [2.05, 4.69) is 31.4 Å². The van der Waals surface area contributed by atoms with E-state index in [9.17, 15) is 4.79 Å². The van der Waals surface area contributed by atoms with Crippen molar-refractivity contribution in [3.05, 3.63) is 24.0 Å². The van der Waals surface area contributed by atoms with Crippen molar-refractivity contribution in [1.82, 2.24) is 15.5 Å². The number of amides is 1. The first-order valence-corrected chi connectivity index (χ1v) is 6.86. The normalized spacial score (nSPS) is 24.3. The highest BCUT2D eigenvalue weighted by Crippen LogP contribution is 2.28. The Hall–Kier alpha value is -0.970. The third kappa shape index (κ3) is 3.77. The van der Waals surface area contributed by atoms with Crippen LogP contribution in [0, 0.1) is 5.92 Å². The molecule has 1 fully saturated rings. The van der Waals surface area contributed by atoms with Gasteiger partial charge in [-0.25, -0.2) is 0 Å². The molecular formula is C12H16BrN3O. The van der Waals surface area contributed by atoms with Gasteiger partial charge in [0.05, 0.1) is 18.0 Å². The van der Waals surface area contributed by atoms with Crippen LogP contribution in [0.2, 0.25) is 0 Å². The fourth-order valence-corrected chi connectivity index (χ4v) is 2.62. The lowest BCUT2D eigenvalue weighted by Crippen LogP contribution is -2.31. The Balaban J connectivity index is 1.77. The molecule has 1 saturated carbocycles. The second-order valence-electron chi connectivity index (χ2n) is 4.46. The maximum Gasteiger partial charge on any atom is 0.252 e. The molecule has 2 rings (SSSR count). The van der Waals surface area contributed by atoms with E-state index in [1.165, 1.54) is 38.1 Å². The Morgan fingerprint density at radius 2 is 2.12 bits per heavy atom. The van der Waals surface area contributed by atoms with Crippen molar-refractivity contribution in [2.24, 2.45) is 5.92 Å². The van der Waals surface area contributed by atoms with Crippen LogP contribution >= 0.6 is 15.9 Å². The van der Waals surface area contributed by atoms with E-state index >= 15 is 0 Å². The first kappa shape index (κ1) is 12.5. The molecule has 0 aliphatic heterocycles. The summed E-state index contributed by atoms with van der Waals surface area (Å²) in [6.45, 7) is 0.765. The Morgan fingerprint density at radius 3 is 2.76 bits per heavy atom. The molecule has 0 aromatic carbocycles. The number of nitrogens with one attached hydrogen (secondary N) is 1. The largest absolute Gasteiger partial charge is 0.352 e. The van der Waals surface area contributed by atoms with Gasteiger partial charge >= 0.3 is 0 Å². The Morgan fingerprint density at radius 1 is 1.35 bits per heavy atom. The second-order valence-corrected chi connectivity index (χ2v) is 5.75. The minimum absolute atomic E-state index is 0.0548. The molecule has 0 atom stereocenters. The SMILES string of the molecule is O=C(NCC1CCC(Br)CC1)c1ccnnc1. The van der Waals surface area contributed by atoms with Gasteiger partial charge in [0.2, 0.25) is 0 Å². The molecule has 0 spiro atoms. The molecule has 1 aromatic heterocycles. The van der Waals surface area contributed by atoms with E-state index in [-0.39, 0.29) is 5.91 Å². The van der Waals surface area contributed by atoms with Crippen LogP contribution in [0.1, 0.15) is 36.0 Å². The molecule has 0 unspecified atom stereocenters. The summed E-state index contributed by atoms with van der Waals surface area (Å²) in [4.78, 5) is 12.4. The number of nitrogens with zero attached hydrogens (tertiary/aromatic N) is 2. The van der Waals surface area contributed by atoms with Crippen LogP contribution in [0.3, 0.4) is 0 Å². The summed E-state index contributed by atoms with van der Waals surface area (Å²) in [7, 11) is 0. The molecule has 4 nitrogen and oxygen atoms in total. The standard InChI is InChI=1S/C12H16BrN3O/c13-11-3-1-9(2-4-11)7-14-12(17)10-5-6-15-16-8-10/h5-6,8-9,11H,1-4,7H2,(H,14,17). The Labute approximate surface area is 109 Å². The van der Waals surface area contributed by atoms with E-state index < -0.39 is 0 Å². The average molecular weight is 298 g/mol. The summed E-state index contributed by atoms with van der Waals surface area (Å²) < 4.78 is 0.